The second kappa shape index (κ2) is 8.67. The zero-order chi connectivity index (χ0) is 22.9. The van der Waals surface area contributed by atoms with Crippen molar-refractivity contribution >= 4 is 11.8 Å². The Morgan fingerprint density at radius 2 is 1.88 bits per heavy atom. The summed E-state index contributed by atoms with van der Waals surface area (Å²) < 4.78 is 12.9. The number of hydrogen-bond donors (Lipinski definition) is 2. The van der Waals surface area contributed by atoms with E-state index < -0.39 is 0 Å². The summed E-state index contributed by atoms with van der Waals surface area (Å²) >= 11 is 1.51. The van der Waals surface area contributed by atoms with E-state index >= 15 is 0 Å². The van der Waals surface area contributed by atoms with Crippen LogP contribution in [-0.4, -0.2) is 36.8 Å². The molecule has 8 nitrogen and oxygen atoms in total. The van der Waals surface area contributed by atoms with Gasteiger partial charge in [-0.3, -0.25) is 9.55 Å². The summed E-state index contributed by atoms with van der Waals surface area (Å²) in [5.41, 5.74) is 3.02. The molecule has 0 spiro atoms. The Hall–Kier alpha value is -3.72. The number of phenols is 2. The number of aromatic hydroxyl groups is 2. The number of thioether (sulfide) groups is 1. The minimum Gasteiger partial charge on any atom is -0.508 e. The van der Waals surface area contributed by atoms with Gasteiger partial charge in [-0.25, -0.2) is 0 Å². The van der Waals surface area contributed by atoms with Crippen LogP contribution < -0.4 is 9.47 Å². The van der Waals surface area contributed by atoms with Gasteiger partial charge in [0.2, 0.25) is 6.79 Å². The predicted molar refractivity (Wildman–Crippen MR) is 124 cm³/mol. The standard InChI is InChI=1S/C24H22N4O4S/c1-14(2)17-9-18(20(30)10-19(17)29)23-26-27-24(33-12-15-4-3-7-25-11-15)28(23)16-5-6-21-22(8-16)32-13-31-21/h3-11,14,29-30H,12-13H2,1-2H3. The largest absolute Gasteiger partial charge is 0.508 e. The van der Waals surface area contributed by atoms with Crippen molar-refractivity contribution in [1.29, 1.82) is 0 Å². The SMILES string of the molecule is CC(C)c1cc(-c2nnc(SCc3cccnc3)n2-c2ccc3c(c2)OCO3)c(O)cc1O. The molecule has 0 aliphatic carbocycles. The molecule has 0 fully saturated rings. The van der Waals surface area contributed by atoms with E-state index in [1.165, 1.54) is 17.8 Å². The quantitative estimate of drug-likeness (QED) is 0.391. The minimum absolute atomic E-state index is 0.0478. The average Bonchev–Trinajstić information content (AvgIpc) is 3.44. The number of nitrogens with zero attached hydrogens (tertiary/aromatic N) is 4. The highest BCUT2D eigenvalue weighted by molar-refractivity contribution is 7.98. The molecule has 33 heavy (non-hydrogen) atoms. The van der Waals surface area contributed by atoms with Crippen molar-refractivity contribution in [2.24, 2.45) is 0 Å². The Morgan fingerprint density at radius 1 is 1.03 bits per heavy atom. The van der Waals surface area contributed by atoms with Gasteiger partial charge >= 0.3 is 0 Å². The third-order valence-electron chi connectivity index (χ3n) is 5.35. The number of fused-ring (bicyclic) bond motifs is 1. The fraction of sp³-hybridized carbons (Fsp3) is 0.208. The lowest BCUT2D eigenvalue weighted by atomic mass is 9.98. The van der Waals surface area contributed by atoms with Gasteiger partial charge in [-0.1, -0.05) is 31.7 Å². The first-order valence-electron chi connectivity index (χ1n) is 10.4. The fourth-order valence-corrected chi connectivity index (χ4v) is 4.55. The molecular weight excluding hydrogens is 440 g/mol. The maximum Gasteiger partial charge on any atom is 0.231 e. The average molecular weight is 463 g/mol. The monoisotopic (exact) mass is 462 g/mol. The second-order valence-electron chi connectivity index (χ2n) is 7.91. The zero-order valence-corrected chi connectivity index (χ0v) is 18.9. The minimum atomic E-state index is -0.0740. The number of hydrogen-bond acceptors (Lipinski definition) is 8. The van der Waals surface area contributed by atoms with Crippen molar-refractivity contribution in [3.8, 4) is 40.1 Å². The van der Waals surface area contributed by atoms with Gasteiger partial charge in [-0.15, -0.1) is 10.2 Å². The molecule has 1 aliphatic rings. The topological polar surface area (TPSA) is 103 Å². The van der Waals surface area contributed by atoms with E-state index in [9.17, 15) is 10.2 Å². The number of aromatic nitrogens is 4. The summed E-state index contributed by atoms with van der Waals surface area (Å²) in [5.74, 6) is 2.45. The predicted octanol–water partition coefficient (Wildman–Crippen LogP) is 4.88. The summed E-state index contributed by atoms with van der Waals surface area (Å²) in [6.07, 6.45) is 3.55. The Morgan fingerprint density at radius 3 is 2.67 bits per heavy atom. The Bertz CT molecular complexity index is 1310. The molecule has 1 aliphatic heterocycles. The van der Waals surface area contributed by atoms with Gasteiger partial charge < -0.3 is 19.7 Å². The van der Waals surface area contributed by atoms with Crippen LogP contribution in [0.1, 0.15) is 30.9 Å². The molecule has 2 N–H and O–H groups in total. The van der Waals surface area contributed by atoms with Crippen LogP contribution in [0, 0.1) is 0 Å². The molecule has 0 saturated heterocycles. The van der Waals surface area contributed by atoms with E-state index in [4.69, 9.17) is 9.47 Å². The van der Waals surface area contributed by atoms with E-state index in [-0.39, 0.29) is 24.2 Å². The van der Waals surface area contributed by atoms with Crippen LogP contribution in [0.25, 0.3) is 17.1 Å². The molecule has 0 unspecified atom stereocenters. The number of benzene rings is 2. The van der Waals surface area contributed by atoms with Crippen LogP contribution in [0.4, 0.5) is 0 Å². The molecule has 9 heteroatoms. The number of phenolic OH excluding ortho intramolecular Hbond substituents is 2. The second-order valence-corrected chi connectivity index (χ2v) is 8.85. The highest BCUT2D eigenvalue weighted by Gasteiger charge is 2.23. The maximum absolute atomic E-state index is 10.7. The normalized spacial score (nSPS) is 12.5. The van der Waals surface area contributed by atoms with Crippen molar-refractivity contribution in [3.63, 3.8) is 0 Å². The molecule has 2 aromatic heterocycles. The fourth-order valence-electron chi connectivity index (χ4n) is 3.66. The van der Waals surface area contributed by atoms with E-state index in [0.717, 1.165) is 11.3 Å². The number of pyridine rings is 1. The van der Waals surface area contributed by atoms with E-state index in [1.54, 1.807) is 12.3 Å². The molecule has 2 aromatic carbocycles. The highest BCUT2D eigenvalue weighted by atomic mass is 32.2. The molecule has 0 radical (unpaired) electrons. The number of ether oxygens (including phenoxy) is 2. The van der Waals surface area contributed by atoms with E-state index in [2.05, 4.69) is 15.2 Å². The molecule has 0 bridgehead atoms. The smallest absolute Gasteiger partial charge is 0.231 e. The third kappa shape index (κ3) is 4.07. The Labute approximate surface area is 194 Å². The van der Waals surface area contributed by atoms with Gasteiger partial charge in [0, 0.05) is 30.3 Å². The molecule has 0 atom stereocenters. The number of rotatable bonds is 6. The zero-order valence-electron chi connectivity index (χ0n) is 18.1. The molecule has 5 rings (SSSR count). The van der Waals surface area contributed by atoms with Gasteiger partial charge in [0.15, 0.2) is 22.5 Å². The third-order valence-corrected chi connectivity index (χ3v) is 6.35. The van der Waals surface area contributed by atoms with Crippen molar-refractivity contribution in [3.05, 3.63) is 66.0 Å². The van der Waals surface area contributed by atoms with Crippen LogP contribution in [0.15, 0.2) is 60.0 Å². The van der Waals surface area contributed by atoms with Crippen LogP contribution in [-0.2, 0) is 5.75 Å². The van der Waals surface area contributed by atoms with Crippen LogP contribution in [0.3, 0.4) is 0 Å². The molecule has 3 heterocycles. The van der Waals surface area contributed by atoms with Crippen molar-refractivity contribution in [1.82, 2.24) is 19.7 Å². The Balaban J connectivity index is 1.63. The first-order valence-corrected chi connectivity index (χ1v) is 11.4. The first kappa shape index (κ1) is 21.1. The van der Waals surface area contributed by atoms with Crippen molar-refractivity contribution in [2.45, 2.75) is 30.7 Å². The van der Waals surface area contributed by atoms with Gasteiger partial charge in [0.1, 0.15) is 11.5 Å². The lowest BCUT2D eigenvalue weighted by Gasteiger charge is -2.15. The van der Waals surface area contributed by atoms with Gasteiger partial charge in [0.05, 0.1) is 11.3 Å². The highest BCUT2D eigenvalue weighted by Crippen LogP contribution is 2.41. The van der Waals surface area contributed by atoms with Crippen LogP contribution in [0.5, 0.6) is 23.0 Å². The van der Waals surface area contributed by atoms with Crippen LogP contribution in [0.2, 0.25) is 0 Å². The summed E-state index contributed by atoms with van der Waals surface area (Å²) in [4.78, 5) is 4.17. The molecule has 0 amide bonds. The van der Waals surface area contributed by atoms with Crippen molar-refractivity contribution in [2.75, 3.05) is 6.79 Å². The lowest BCUT2D eigenvalue weighted by molar-refractivity contribution is 0.174. The van der Waals surface area contributed by atoms with E-state index in [1.807, 2.05) is 54.9 Å². The van der Waals surface area contributed by atoms with Gasteiger partial charge in [0.25, 0.3) is 0 Å². The maximum atomic E-state index is 10.7. The first-order chi connectivity index (χ1) is 16.0. The summed E-state index contributed by atoms with van der Waals surface area (Å²) in [6.45, 7) is 4.13. The summed E-state index contributed by atoms with van der Waals surface area (Å²) in [5, 5.41) is 30.5. The lowest BCUT2D eigenvalue weighted by Crippen LogP contribution is -2.01. The van der Waals surface area contributed by atoms with Crippen LogP contribution >= 0.6 is 11.8 Å². The van der Waals surface area contributed by atoms with E-state index in [0.29, 0.717) is 39.4 Å². The van der Waals surface area contributed by atoms with Crippen molar-refractivity contribution < 1.29 is 19.7 Å². The molecule has 168 valence electrons. The molecule has 0 saturated carbocycles. The van der Waals surface area contributed by atoms with Gasteiger partial charge in [-0.2, -0.15) is 0 Å². The Kier molecular flexibility index (Phi) is 5.55. The summed E-state index contributed by atoms with van der Waals surface area (Å²) in [6, 6.07) is 12.6. The molecule has 4 aromatic rings. The summed E-state index contributed by atoms with van der Waals surface area (Å²) in [7, 11) is 0. The van der Waals surface area contributed by atoms with Gasteiger partial charge in [-0.05, 0) is 41.3 Å². The molecular formula is C24H22N4O4S.